The molecule has 0 spiro atoms. The average Bonchev–Trinajstić information content (AvgIpc) is 2.38. The van der Waals surface area contributed by atoms with Crippen LogP contribution < -0.4 is 9.64 Å². The molecule has 1 aliphatic heterocycles. The minimum atomic E-state index is -0.182. The third-order valence-electron chi connectivity index (χ3n) is 3.62. The number of hydrogen-bond donors (Lipinski definition) is 0. The highest BCUT2D eigenvalue weighted by Crippen LogP contribution is 2.36. The van der Waals surface area contributed by atoms with Gasteiger partial charge >= 0.3 is 0 Å². The Hall–Kier alpha value is -2.04. The Balaban J connectivity index is 2.29. The van der Waals surface area contributed by atoms with Crippen LogP contribution in [0.25, 0.3) is 0 Å². The summed E-state index contributed by atoms with van der Waals surface area (Å²) in [5.74, 6) is 0.878. The molecule has 1 aliphatic rings. The van der Waals surface area contributed by atoms with Crippen LogP contribution in [0, 0.1) is 17.0 Å². The van der Waals surface area contributed by atoms with E-state index in [9.17, 15) is 10.0 Å². The first-order valence-electron chi connectivity index (χ1n) is 6.67. The lowest BCUT2D eigenvalue weighted by atomic mass is 9.79. The maximum atomic E-state index is 12.3. The molecule has 1 heterocycles. The smallest absolute Gasteiger partial charge is 0.233 e. The molecule has 1 fully saturated rings. The van der Waals surface area contributed by atoms with E-state index in [2.05, 4.69) is 0 Å². The summed E-state index contributed by atoms with van der Waals surface area (Å²) in [6.45, 7) is 4.00. The lowest BCUT2D eigenvalue weighted by Crippen LogP contribution is -2.64. The number of ether oxygens (including phenoxy) is 1. The van der Waals surface area contributed by atoms with Crippen LogP contribution in [0.2, 0.25) is 0 Å². The Morgan fingerprint density at radius 1 is 1.35 bits per heavy atom. The number of methoxy groups -OCH3 is 1. The van der Waals surface area contributed by atoms with Gasteiger partial charge in [0, 0.05) is 5.69 Å². The molecule has 2 rings (SSSR count). The van der Waals surface area contributed by atoms with Crippen LogP contribution in [0.3, 0.4) is 0 Å². The van der Waals surface area contributed by atoms with Gasteiger partial charge in [-0.3, -0.25) is 9.69 Å². The van der Waals surface area contributed by atoms with Crippen molar-refractivity contribution in [3.05, 3.63) is 29.5 Å². The third kappa shape index (κ3) is 2.48. The van der Waals surface area contributed by atoms with Gasteiger partial charge in [0.1, 0.15) is 18.8 Å². The first kappa shape index (κ1) is 14.4. The topological polar surface area (TPSA) is 55.6 Å². The fraction of sp³-hybridized carbons (Fsp3) is 0.467. The minimum absolute atomic E-state index is 0.0632. The number of hydrogen-bond acceptors (Lipinski definition) is 3. The van der Waals surface area contributed by atoms with Gasteiger partial charge in [-0.05, 0) is 30.2 Å². The molecule has 5 heteroatoms. The molecule has 5 nitrogen and oxygen atoms in total. The molecule has 1 aromatic carbocycles. The van der Waals surface area contributed by atoms with Gasteiger partial charge in [0.15, 0.2) is 6.21 Å². The van der Waals surface area contributed by atoms with Gasteiger partial charge in [-0.15, -0.1) is 0 Å². The molecule has 0 N–H and O–H groups in total. The monoisotopic (exact) mass is 276 g/mol. The second-order valence-electron chi connectivity index (χ2n) is 5.36. The van der Waals surface area contributed by atoms with Crippen LogP contribution in [0.4, 0.5) is 5.69 Å². The van der Waals surface area contributed by atoms with E-state index in [0.29, 0.717) is 0 Å². The summed E-state index contributed by atoms with van der Waals surface area (Å²) in [5, 5.41) is 11.3. The zero-order valence-electron chi connectivity index (χ0n) is 12.2. The molecule has 1 amide bonds. The minimum Gasteiger partial charge on any atom is -0.624 e. The van der Waals surface area contributed by atoms with E-state index in [1.165, 1.54) is 7.05 Å². The van der Waals surface area contributed by atoms with Crippen LogP contribution in [0.5, 0.6) is 5.75 Å². The van der Waals surface area contributed by atoms with Crippen molar-refractivity contribution in [1.29, 1.82) is 0 Å². The van der Waals surface area contributed by atoms with Crippen molar-refractivity contribution in [3.8, 4) is 5.75 Å². The fourth-order valence-electron chi connectivity index (χ4n) is 2.63. The number of β-lactam (4-membered cyclic amide) rings is 1. The fourth-order valence-corrected chi connectivity index (χ4v) is 2.63. The van der Waals surface area contributed by atoms with Crippen molar-refractivity contribution in [3.63, 3.8) is 0 Å². The number of anilines is 1. The maximum Gasteiger partial charge on any atom is 0.233 e. The molecule has 108 valence electrons. The molecule has 0 aromatic heterocycles. The lowest BCUT2D eigenvalue weighted by Gasteiger charge is -2.46. The number of benzene rings is 1. The van der Waals surface area contributed by atoms with Gasteiger partial charge in [-0.25, -0.2) is 4.74 Å². The molecule has 0 radical (unpaired) electrons. The van der Waals surface area contributed by atoms with Gasteiger partial charge in [0.2, 0.25) is 5.91 Å². The van der Waals surface area contributed by atoms with Gasteiger partial charge in [-0.1, -0.05) is 13.8 Å². The molecule has 0 aliphatic carbocycles. The quantitative estimate of drug-likeness (QED) is 0.277. The first-order valence-corrected chi connectivity index (χ1v) is 6.67. The highest BCUT2D eigenvalue weighted by atomic mass is 16.5. The Morgan fingerprint density at radius 2 is 1.95 bits per heavy atom. The Kier molecular flexibility index (Phi) is 3.97. The molecule has 0 unspecified atom stereocenters. The van der Waals surface area contributed by atoms with Crippen LogP contribution in [-0.2, 0) is 4.79 Å². The molecule has 20 heavy (non-hydrogen) atoms. The predicted octanol–water partition coefficient (Wildman–Crippen LogP) is 1.89. The number of hydroxylamine groups is 1. The van der Waals surface area contributed by atoms with Crippen molar-refractivity contribution in [2.75, 3.05) is 19.1 Å². The van der Waals surface area contributed by atoms with E-state index in [-0.39, 0.29) is 23.8 Å². The van der Waals surface area contributed by atoms with Crippen molar-refractivity contribution < 1.29 is 14.3 Å². The maximum absolute atomic E-state index is 12.3. The largest absolute Gasteiger partial charge is 0.624 e. The Bertz CT molecular complexity index is 518. The van der Waals surface area contributed by atoms with E-state index >= 15 is 0 Å². The number of amides is 1. The van der Waals surface area contributed by atoms with Crippen molar-refractivity contribution in [2.24, 2.45) is 11.8 Å². The third-order valence-corrected chi connectivity index (χ3v) is 3.62. The molecule has 0 saturated carbocycles. The summed E-state index contributed by atoms with van der Waals surface area (Å²) >= 11 is 0. The van der Waals surface area contributed by atoms with Crippen LogP contribution >= 0.6 is 0 Å². The number of carbonyl (C=O) groups is 1. The molecule has 2 atom stereocenters. The number of nitrogens with zero attached hydrogens (tertiary/aromatic N) is 2. The molecular formula is C15H20N2O3. The van der Waals surface area contributed by atoms with E-state index in [0.717, 1.165) is 16.2 Å². The summed E-state index contributed by atoms with van der Waals surface area (Å²) in [5.41, 5.74) is 0.788. The van der Waals surface area contributed by atoms with Crippen molar-refractivity contribution in [1.82, 2.24) is 0 Å². The van der Waals surface area contributed by atoms with Gasteiger partial charge in [0.05, 0.1) is 13.0 Å². The van der Waals surface area contributed by atoms with Crippen molar-refractivity contribution in [2.45, 2.75) is 19.9 Å². The average molecular weight is 276 g/mol. The summed E-state index contributed by atoms with van der Waals surface area (Å²) < 4.78 is 5.88. The SMILES string of the molecule is COc1ccc(N2C(=O)[C@@H](C(C)C)[C@H]2/C=[N+](/C)[O-])cc1. The summed E-state index contributed by atoms with van der Waals surface area (Å²) in [6.07, 6.45) is 1.55. The summed E-state index contributed by atoms with van der Waals surface area (Å²) in [4.78, 5) is 14.0. The van der Waals surface area contributed by atoms with Gasteiger partial charge in [-0.2, -0.15) is 0 Å². The standard InChI is InChI=1S/C15H20N2O3/c1-10(2)14-13(9-16(3)19)17(15(14)18)11-5-7-12(20-4)8-6-11/h5-10,13-14H,1-4H3/b16-9-/t13-,14+/m1/s1. The molecule has 1 aromatic rings. The number of carbonyl (C=O) groups excluding carboxylic acids is 1. The van der Waals surface area contributed by atoms with Crippen LogP contribution in [0.15, 0.2) is 24.3 Å². The molecule has 1 saturated heterocycles. The van der Waals surface area contributed by atoms with Crippen molar-refractivity contribution >= 4 is 17.8 Å². The lowest BCUT2D eigenvalue weighted by molar-refractivity contribution is -0.419. The Labute approximate surface area is 119 Å². The molecule has 0 bridgehead atoms. The second kappa shape index (κ2) is 5.53. The zero-order valence-corrected chi connectivity index (χ0v) is 12.2. The highest BCUT2D eigenvalue weighted by Gasteiger charge is 2.50. The summed E-state index contributed by atoms with van der Waals surface area (Å²) in [6, 6.07) is 7.10. The normalized spacial score (nSPS) is 22.9. The van der Waals surface area contributed by atoms with Crippen LogP contribution in [0.1, 0.15) is 13.8 Å². The Morgan fingerprint density at radius 3 is 2.40 bits per heavy atom. The van der Waals surface area contributed by atoms with Gasteiger partial charge < -0.3 is 9.94 Å². The number of rotatable bonds is 4. The van der Waals surface area contributed by atoms with E-state index in [1.807, 2.05) is 38.1 Å². The van der Waals surface area contributed by atoms with E-state index < -0.39 is 0 Å². The van der Waals surface area contributed by atoms with Gasteiger partial charge in [0.25, 0.3) is 0 Å². The first-order chi connectivity index (χ1) is 9.45. The second-order valence-corrected chi connectivity index (χ2v) is 5.36. The van der Waals surface area contributed by atoms with E-state index in [1.54, 1.807) is 18.2 Å². The summed E-state index contributed by atoms with van der Waals surface area (Å²) in [7, 11) is 3.04. The van der Waals surface area contributed by atoms with Crippen LogP contribution in [-0.4, -0.2) is 37.1 Å². The molecular weight excluding hydrogens is 256 g/mol. The highest BCUT2D eigenvalue weighted by molar-refractivity contribution is 6.08. The van der Waals surface area contributed by atoms with E-state index in [4.69, 9.17) is 4.74 Å². The zero-order chi connectivity index (χ0) is 14.9. The predicted molar refractivity (Wildman–Crippen MR) is 78.2 cm³/mol.